The van der Waals surface area contributed by atoms with Crippen LogP contribution in [-0.4, -0.2) is 62.1 Å². The van der Waals surface area contributed by atoms with Gasteiger partial charge in [0.15, 0.2) is 0 Å². The SMILES string of the molecule is CN(CC(C)(C)CN1CCOCC1)C(=O)c1cc2ccccc2s1. The number of carbonyl (C=O) groups is 1. The second-order valence-electron chi connectivity index (χ2n) is 7.36. The first-order chi connectivity index (χ1) is 11.4. The van der Waals surface area contributed by atoms with Crippen LogP contribution in [0, 0.1) is 5.41 Å². The number of benzene rings is 1. The summed E-state index contributed by atoms with van der Waals surface area (Å²) in [6.07, 6.45) is 0. The maximum absolute atomic E-state index is 12.8. The molecule has 1 aromatic carbocycles. The molecule has 1 saturated heterocycles. The van der Waals surface area contributed by atoms with E-state index in [2.05, 4.69) is 30.9 Å². The second kappa shape index (κ2) is 7.21. The summed E-state index contributed by atoms with van der Waals surface area (Å²) in [5.74, 6) is 0.117. The van der Waals surface area contributed by atoms with Crippen molar-refractivity contribution in [2.24, 2.45) is 5.41 Å². The third-order valence-electron chi connectivity index (χ3n) is 4.40. The van der Waals surface area contributed by atoms with Gasteiger partial charge in [0, 0.05) is 37.9 Å². The molecule has 24 heavy (non-hydrogen) atoms. The van der Waals surface area contributed by atoms with Crippen molar-refractivity contribution in [3.63, 3.8) is 0 Å². The van der Waals surface area contributed by atoms with Crippen molar-refractivity contribution in [3.05, 3.63) is 35.2 Å². The Morgan fingerprint density at radius 2 is 2.00 bits per heavy atom. The van der Waals surface area contributed by atoms with Gasteiger partial charge < -0.3 is 9.64 Å². The van der Waals surface area contributed by atoms with Crippen LogP contribution in [0.5, 0.6) is 0 Å². The van der Waals surface area contributed by atoms with Crippen molar-refractivity contribution < 1.29 is 9.53 Å². The number of rotatable bonds is 5. The summed E-state index contributed by atoms with van der Waals surface area (Å²) in [7, 11) is 1.91. The molecule has 0 unspecified atom stereocenters. The highest BCUT2D eigenvalue weighted by atomic mass is 32.1. The molecule has 0 radical (unpaired) electrons. The van der Waals surface area contributed by atoms with Crippen molar-refractivity contribution >= 4 is 27.3 Å². The average molecular weight is 346 g/mol. The summed E-state index contributed by atoms with van der Waals surface area (Å²) in [6.45, 7) is 9.79. The lowest BCUT2D eigenvalue weighted by Gasteiger charge is -2.37. The largest absolute Gasteiger partial charge is 0.379 e. The molecule has 3 rings (SSSR count). The summed E-state index contributed by atoms with van der Waals surface area (Å²) >= 11 is 1.58. The van der Waals surface area contributed by atoms with Crippen LogP contribution in [0.15, 0.2) is 30.3 Å². The number of amides is 1. The molecule has 4 nitrogen and oxygen atoms in total. The predicted octanol–water partition coefficient (Wildman–Crippen LogP) is 3.33. The highest BCUT2D eigenvalue weighted by Crippen LogP contribution is 2.27. The molecule has 1 aliphatic rings. The first-order valence-corrected chi connectivity index (χ1v) is 9.30. The number of fused-ring (bicyclic) bond motifs is 1. The van der Waals surface area contributed by atoms with Crippen LogP contribution in [0.3, 0.4) is 0 Å². The van der Waals surface area contributed by atoms with E-state index in [9.17, 15) is 4.79 Å². The van der Waals surface area contributed by atoms with Gasteiger partial charge in [-0.25, -0.2) is 0 Å². The van der Waals surface area contributed by atoms with Gasteiger partial charge in [-0.15, -0.1) is 11.3 Å². The van der Waals surface area contributed by atoms with E-state index >= 15 is 0 Å². The van der Waals surface area contributed by atoms with Crippen molar-refractivity contribution in [2.45, 2.75) is 13.8 Å². The Hall–Kier alpha value is -1.43. The maximum atomic E-state index is 12.8. The molecule has 1 aromatic heterocycles. The van der Waals surface area contributed by atoms with E-state index in [1.807, 2.05) is 30.1 Å². The highest BCUT2D eigenvalue weighted by molar-refractivity contribution is 7.20. The van der Waals surface area contributed by atoms with E-state index in [0.717, 1.165) is 49.7 Å². The number of morpholine rings is 1. The fourth-order valence-corrected chi connectivity index (χ4v) is 4.46. The molecule has 0 saturated carbocycles. The highest BCUT2D eigenvalue weighted by Gasteiger charge is 2.27. The third-order valence-corrected chi connectivity index (χ3v) is 5.51. The Labute approximate surface area is 148 Å². The van der Waals surface area contributed by atoms with Crippen molar-refractivity contribution in [1.29, 1.82) is 0 Å². The maximum Gasteiger partial charge on any atom is 0.263 e. The zero-order chi connectivity index (χ0) is 17.2. The molecule has 0 spiro atoms. The molecular weight excluding hydrogens is 320 g/mol. The van der Waals surface area contributed by atoms with E-state index in [-0.39, 0.29) is 11.3 Å². The molecule has 2 heterocycles. The van der Waals surface area contributed by atoms with Crippen LogP contribution in [0.4, 0.5) is 0 Å². The smallest absolute Gasteiger partial charge is 0.263 e. The van der Waals surface area contributed by atoms with E-state index in [1.54, 1.807) is 11.3 Å². The number of ether oxygens (including phenoxy) is 1. The molecule has 2 aromatic rings. The number of hydrogen-bond acceptors (Lipinski definition) is 4. The van der Waals surface area contributed by atoms with Gasteiger partial charge in [-0.2, -0.15) is 0 Å². The van der Waals surface area contributed by atoms with Crippen molar-refractivity contribution in [1.82, 2.24) is 9.80 Å². The van der Waals surface area contributed by atoms with Crippen molar-refractivity contribution in [2.75, 3.05) is 46.4 Å². The first kappa shape index (κ1) is 17.4. The predicted molar refractivity (Wildman–Crippen MR) is 99.8 cm³/mol. The molecule has 1 amide bonds. The van der Waals surface area contributed by atoms with Crippen LogP contribution in [-0.2, 0) is 4.74 Å². The van der Waals surface area contributed by atoms with Gasteiger partial charge in [0.2, 0.25) is 0 Å². The minimum atomic E-state index is 0.0540. The zero-order valence-corrected chi connectivity index (χ0v) is 15.6. The summed E-state index contributed by atoms with van der Waals surface area (Å²) in [4.78, 5) is 17.9. The Morgan fingerprint density at radius 3 is 2.71 bits per heavy atom. The standard InChI is InChI=1S/C19H26N2O2S/c1-19(2,14-21-8-10-23-11-9-21)13-20(3)18(22)17-12-15-6-4-5-7-16(15)24-17/h4-7,12H,8-11,13-14H2,1-3H3. The average Bonchev–Trinajstić information content (AvgIpc) is 2.98. The van der Waals surface area contributed by atoms with Crippen molar-refractivity contribution in [3.8, 4) is 0 Å². The lowest BCUT2D eigenvalue weighted by atomic mass is 9.91. The minimum absolute atomic E-state index is 0.0540. The lowest BCUT2D eigenvalue weighted by Crippen LogP contribution is -2.46. The normalized spacial score (nSPS) is 16.5. The molecule has 130 valence electrons. The van der Waals surface area contributed by atoms with Crippen LogP contribution in [0.1, 0.15) is 23.5 Å². The fourth-order valence-electron chi connectivity index (χ4n) is 3.40. The van der Waals surface area contributed by atoms with E-state index in [0.29, 0.717) is 0 Å². The molecule has 1 fully saturated rings. The lowest BCUT2D eigenvalue weighted by molar-refractivity contribution is 0.0163. The van der Waals surface area contributed by atoms with E-state index in [4.69, 9.17) is 4.74 Å². The molecule has 0 atom stereocenters. The first-order valence-electron chi connectivity index (χ1n) is 8.49. The van der Waals surface area contributed by atoms with Gasteiger partial charge >= 0.3 is 0 Å². The number of hydrogen-bond donors (Lipinski definition) is 0. The van der Waals surface area contributed by atoms with Gasteiger partial charge in [0.05, 0.1) is 18.1 Å². The summed E-state index contributed by atoms with van der Waals surface area (Å²) in [5, 5.41) is 1.15. The molecule has 0 N–H and O–H groups in total. The summed E-state index contributed by atoms with van der Waals surface area (Å²) in [5.41, 5.74) is 0.0540. The Kier molecular flexibility index (Phi) is 5.23. The molecule has 1 aliphatic heterocycles. The number of carbonyl (C=O) groups excluding carboxylic acids is 1. The third kappa shape index (κ3) is 4.15. The molecule has 0 aliphatic carbocycles. The number of nitrogens with zero attached hydrogens (tertiary/aromatic N) is 2. The van der Waals surface area contributed by atoms with Crippen LogP contribution < -0.4 is 0 Å². The van der Waals surface area contributed by atoms with E-state index in [1.165, 1.54) is 4.70 Å². The van der Waals surface area contributed by atoms with Gasteiger partial charge in [-0.1, -0.05) is 32.0 Å². The Morgan fingerprint density at radius 1 is 1.29 bits per heavy atom. The monoisotopic (exact) mass is 346 g/mol. The Balaban J connectivity index is 1.64. The van der Waals surface area contributed by atoms with Crippen LogP contribution in [0.25, 0.3) is 10.1 Å². The topological polar surface area (TPSA) is 32.8 Å². The van der Waals surface area contributed by atoms with Gasteiger partial charge in [-0.05, 0) is 22.9 Å². The fraction of sp³-hybridized carbons (Fsp3) is 0.526. The Bertz CT molecular complexity index is 671. The molecular formula is C19H26N2O2S. The number of thiophene rings is 1. The van der Waals surface area contributed by atoms with E-state index < -0.39 is 0 Å². The van der Waals surface area contributed by atoms with Gasteiger partial charge in [-0.3, -0.25) is 9.69 Å². The summed E-state index contributed by atoms with van der Waals surface area (Å²) < 4.78 is 6.58. The van der Waals surface area contributed by atoms with Crippen LogP contribution >= 0.6 is 11.3 Å². The minimum Gasteiger partial charge on any atom is -0.379 e. The zero-order valence-electron chi connectivity index (χ0n) is 14.7. The quantitative estimate of drug-likeness (QED) is 0.832. The van der Waals surface area contributed by atoms with Crippen LogP contribution in [0.2, 0.25) is 0 Å². The molecule has 0 bridgehead atoms. The van der Waals surface area contributed by atoms with Gasteiger partial charge in [0.1, 0.15) is 0 Å². The summed E-state index contributed by atoms with van der Waals surface area (Å²) in [6, 6.07) is 10.2. The molecule has 5 heteroatoms. The second-order valence-corrected chi connectivity index (χ2v) is 8.45. The van der Waals surface area contributed by atoms with Gasteiger partial charge in [0.25, 0.3) is 5.91 Å².